The molecule has 2 amide bonds. The van der Waals surface area contributed by atoms with Gasteiger partial charge in [0.2, 0.25) is 0 Å². The van der Waals surface area contributed by atoms with Gasteiger partial charge < -0.3 is 0 Å². The highest BCUT2D eigenvalue weighted by Crippen LogP contribution is 2.41. The predicted molar refractivity (Wildman–Crippen MR) is 207 cm³/mol. The summed E-state index contributed by atoms with van der Waals surface area (Å²) in [5.74, 6) is -0.133. The van der Waals surface area contributed by atoms with Crippen LogP contribution in [0.1, 0.15) is 163 Å². The van der Waals surface area contributed by atoms with E-state index in [1.807, 2.05) is 24.3 Å². The number of fused-ring (bicyclic) bond motifs is 1. The molecule has 0 aromatic carbocycles. The van der Waals surface area contributed by atoms with E-state index >= 15 is 0 Å². The normalized spacial score (nSPS) is 13.6. The van der Waals surface area contributed by atoms with Gasteiger partial charge in [0.25, 0.3) is 11.8 Å². The molecule has 3 aromatic rings. The number of rotatable bonds is 24. The van der Waals surface area contributed by atoms with E-state index < -0.39 is 0 Å². The number of nitrogens with zero attached hydrogens (tertiary/aromatic N) is 3. The molecule has 0 fully saturated rings. The van der Waals surface area contributed by atoms with Crippen molar-refractivity contribution in [3.05, 3.63) is 43.0 Å². The first-order valence-electron chi connectivity index (χ1n) is 18.2. The highest BCUT2D eigenvalue weighted by molar-refractivity contribution is 9.11. The van der Waals surface area contributed by atoms with Gasteiger partial charge in [-0.1, -0.05) is 129 Å². The van der Waals surface area contributed by atoms with Gasteiger partial charge in [0.15, 0.2) is 0 Å². The fourth-order valence-corrected chi connectivity index (χ4v) is 9.44. The van der Waals surface area contributed by atoms with Gasteiger partial charge in [0.1, 0.15) is 11.4 Å². The minimum absolute atomic E-state index is 0.222. The summed E-state index contributed by atoms with van der Waals surface area (Å²) in [5.41, 5.74) is 1.82. The molecular formula is C38H53Br2N3O2S2. The van der Waals surface area contributed by atoms with Gasteiger partial charge in [-0.3, -0.25) is 14.5 Å². The molecule has 3 aromatic heterocycles. The number of aromatic nitrogens is 2. The van der Waals surface area contributed by atoms with Crippen molar-refractivity contribution in [2.24, 2.45) is 5.92 Å². The van der Waals surface area contributed by atoms with Crippen molar-refractivity contribution < 1.29 is 9.59 Å². The lowest BCUT2D eigenvalue weighted by Gasteiger charge is -2.23. The van der Waals surface area contributed by atoms with Crippen molar-refractivity contribution in [2.45, 2.75) is 142 Å². The van der Waals surface area contributed by atoms with E-state index in [-0.39, 0.29) is 11.8 Å². The van der Waals surface area contributed by atoms with E-state index in [0.29, 0.717) is 35.0 Å². The molecule has 0 N–H and O–H groups in total. The Bertz CT molecular complexity index is 1330. The Morgan fingerprint density at radius 3 is 1.28 bits per heavy atom. The van der Waals surface area contributed by atoms with Gasteiger partial charge >= 0.3 is 0 Å². The van der Waals surface area contributed by atoms with Gasteiger partial charge in [0, 0.05) is 6.54 Å². The maximum absolute atomic E-state index is 14.2. The molecule has 5 nitrogen and oxygen atoms in total. The summed E-state index contributed by atoms with van der Waals surface area (Å²) in [6.45, 7) is 5.01. The van der Waals surface area contributed by atoms with Crippen LogP contribution in [0.2, 0.25) is 0 Å². The second kappa shape index (κ2) is 20.9. The molecule has 0 bridgehead atoms. The smallest absolute Gasteiger partial charge is 0.263 e. The summed E-state index contributed by atoms with van der Waals surface area (Å²) in [5, 5.41) is 9.10. The van der Waals surface area contributed by atoms with Crippen LogP contribution in [0.3, 0.4) is 0 Å². The maximum Gasteiger partial charge on any atom is 0.263 e. The van der Waals surface area contributed by atoms with E-state index in [9.17, 15) is 9.59 Å². The van der Waals surface area contributed by atoms with Crippen LogP contribution < -0.4 is 0 Å². The summed E-state index contributed by atoms with van der Waals surface area (Å²) in [4.78, 5) is 31.6. The third-order valence-corrected chi connectivity index (χ3v) is 12.6. The summed E-state index contributed by atoms with van der Waals surface area (Å²) >= 11 is 10.1. The standard InChI is InChI=1S/C38H53Br2N3O2S2/c1-3-5-7-9-11-13-14-16-18-20-22-28(21-19-17-15-12-10-8-6-4-2)27-43-37(44)33-34(38(43)45)36(30-24-26-32(40)47-30)42-41-35(33)29-23-25-31(39)46-29/h23-26,28H,3-22,27H2,1-2H3. The number of unbranched alkanes of at least 4 members (excludes halogenated alkanes) is 16. The zero-order valence-corrected chi connectivity index (χ0v) is 33.3. The quantitative estimate of drug-likeness (QED) is 0.0668. The van der Waals surface area contributed by atoms with E-state index in [4.69, 9.17) is 0 Å². The SMILES string of the molecule is CCCCCCCCCCCCC(CCCCCCCCCC)CN1C(=O)c2c(-c3ccc(Br)s3)nnc(-c3ccc(Br)s3)c2C1=O. The molecule has 0 saturated carbocycles. The summed E-state index contributed by atoms with van der Waals surface area (Å²) < 4.78 is 1.90. The molecule has 1 aliphatic heterocycles. The van der Waals surface area contributed by atoms with Gasteiger partial charge in [0.05, 0.1) is 28.5 Å². The van der Waals surface area contributed by atoms with Crippen LogP contribution in [0.5, 0.6) is 0 Å². The monoisotopic (exact) mass is 805 g/mol. The van der Waals surface area contributed by atoms with Crippen LogP contribution in [0, 0.1) is 5.92 Å². The number of carbonyl (C=O) groups is 2. The summed E-state index contributed by atoms with van der Waals surface area (Å²) in [6.07, 6.45) is 25.5. The Labute approximate surface area is 308 Å². The van der Waals surface area contributed by atoms with Crippen molar-refractivity contribution in [3.8, 4) is 21.1 Å². The lowest BCUT2D eigenvalue weighted by molar-refractivity contribution is 0.0622. The number of thiophene rings is 2. The number of imide groups is 1. The minimum Gasteiger partial charge on any atom is -0.274 e. The number of amides is 2. The van der Waals surface area contributed by atoms with Crippen molar-refractivity contribution in [1.82, 2.24) is 15.1 Å². The Morgan fingerprint density at radius 2 is 0.936 bits per heavy atom. The zero-order chi connectivity index (χ0) is 33.4. The van der Waals surface area contributed by atoms with E-state index in [1.165, 1.54) is 130 Å². The molecule has 1 aliphatic rings. The fourth-order valence-electron chi connectivity index (χ4n) is 6.68. The Morgan fingerprint density at radius 1 is 0.574 bits per heavy atom. The minimum atomic E-state index is -0.222. The molecule has 4 heterocycles. The third kappa shape index (κ3) is 11.6. The van der Waals surface area contributed by atoms with E-state index in [1.54, 1.807) is 0 Å². The molecule has 0 aliphatic carbocycles. The molecule has 258 valence electrons. The highest BCUT2D eigenvalue weighted by Gasteiger charge is 2.42. The van der Waals surface area contributed by atoms with Gasteiger partial charge in [-0.15, -0.1) is 32.9 Å². The van der Waals surface area contributed by atoms with Crippen molar-refractivity contribution >= 4 is 66.3 Å². The molecule has 1 unspecified atom stereocenters. The average molecular weight is 808 g/mol. The molecule has 47 heavy (non-hydrogen) atoms. The molecule has 1 atom stereocenters. The Balaban J connectivity index is 1.43. The summed E-state index contributed by atoms with van der Waals surface area (Å²) in [7, 11) is 0. The topological polar surface area (TPSA) is 63.2 Å². The zero-order valence-electron chi connectivity index (χ0n) is 28.5. The van der Waals surface area contributed by atoms with Crippen molar-refractivity contribution in [2.75, 3.05) is 6.54 Å². The molecule has 0 spiro atoms. The fraction of sp³-hybridized carbons (Fsp3) is 0.632. The maximum atomic E-state index is 14.2. The van der Waals surface area contributed by atoms with Crippen LogP contribution >= 0.6 is 54.5 Å². The first-order chi connectivity index (χ1) is 22.9. The lowest BCUT2D eigenvalue weighted by atomic mass is 9.93. The average Bonchev–Trinajstić information content (AvgIpc) is 3.77. The summed E-state index contributed by atoms with van der Waals surface area (Å²) in [6, 6.07) is 7.78. The number of hydrogen-bond donors (Lipinski definition) is 0. The van der Waals surface area contributed by atoms with E-state index in [0.717, 1.165) is 43.0 Å². The van der Waals surface area contributed by atoms with Gasteiger partial charge in [-0.05, 0) is 74.9 Å². The molecule has 0 saturated heterocycles. The third-order valence-electron chi connectivity index (χ3n) is 9.38. The van der Waals surface area contributed by atoms with E-state index in [2.05, 4.69) is 55.9 Å². The van der Waals surface area contributed by atoms with Gasteiger partial charge in [-0.2, -0.15) is 0 Å². The van der Waals surface area contributed by atoms with Crippen LogP contribution in [-0.4, -0.2) is 33.5 Å². The number of halogens is 2. The van der Waals surface area contributed by atoms with Crippen molar-refractivity contribution in [1.29, 1.82) is 0 Å². The number of carbonyl (C=O) groups excluding carboxylic acids is 2. The number of hydrogen-bond acceptors (Lipinski definition) is 6. The van der Waals surface area contributed by atoms with Crippen LogP contribution in [-0.2, 0) is 0 Å². The van der Waals surface area contributed by atoms with Crippen LogP contribution in [0.25, 0.3) is 21.1 Å². The molecular weight excluding hydrogens is 754 g/mol. The molecule has 9 heteroatoms. The molecule has 0 radical (unpaired) electrons. The molecule has 4 rings (SSSR count). The predicted octanol–water partition coefficient (Wildman–Crippen LogP) is 13.5. The van der Waals surface area contributed by atoms with Gasteiger partial charge in [-0.25, -0.2) is 0 Å². The van der Waals surface area contributed by atoms with Crippen molar-refractivity contribution in [3.63, 3.8) is 0 Å². The first kappa shape index (κ1) is 38.4. The lowest BCUT2D eigenvalue weighted by Crippen LogP contribution is -2.34. The Kier molecular flexibility index (Phi) is 17.1. The first-order valence-corrected chi connectivity index (χ1v) is 21.4. The second-order valence-electron chi connectivity index (χ2n) is 13.2. The Hall–Kier alpha value is -1.42. The van der Waals surface area contributed by atoms with Crippen LogP contribution in [0.15, 0.2) is 31.8 Å². The highest BCUT2D eigenvalue weighted by atomic mass is 79.9. The second-order valence-corrected chi connectivity index (χ2v) is 18.1. The largest absolute Gasteiger partial charge is 0.274 e. The van der Waals surface area contributed by atoms with Crippen LogP contribution in [0.4, 0.5) is 0 Å².